The van der Waals surface area contributed by atoms with Crippen LogP contribution in [0.15, 0.2) is 66.7 Å². The number of aliphatic hydroxyl groups excluding tert-OH is 1. The summed E-state index contributed by atoms with van der Waals surface area (Å²) in [5.74, 6) is -0.388. The van der Waals surface area contributed by atoms with E-state index in [0.717, 1.165) is 18.4 Å². The fraction of sp³-hybridized carbons (Fsp3) is 0.417. The van der Waals surface area contributed by atoms with Crippen molar-refractivity contribution >= 4 is 54.7 Å². The first-order chi connectivity index (χ1) is 22.9. The molecule has 0 radical (unpaired) electrons. The number of para-hydroxylation sites is 2. The average Bonchev–Trinajstić information content (AvgIpc) is 3.72. The Morgan fingerprint density at radius 2 is 1.81 bits per heavy atom. The number of rotatable bonds is 7. The number of anilines is 3. The first kappa shape index (κ1) is 32.8. The van der Waals surface area contributed by atoms with Crippen LogP contribution in [0, 0.1) is 5.92 Å². The number of ether oxygens (including phenoxy) is 2. The van der Waals surface area contributed by atoms with E-state index in [-0.39, 0.29) is 49.9 Å². The number of likely N-dealkylation sites (tertiary alicyclic amines) is 1. The van der Waals surface area contributed by atoms with Crippen LogP contribution in [-0.4, -0.2) is 72.7 Å². The van der Waals surface area contributed by atoms with Crippen LogP contribution in [0.3, 0.4) is 0 Å². The van der Waals surface area contributed by atoms with Crippen LogP contribution in [0.4, 0.5) is 17.1 Å². The third-order valence-electron chi connectivity index (χ3n) is 10.5. The standard InChI is InChI=1S/C36H40ClN3O7Si/c1-22-34(48(2,3)45)31(18-32(42)38-16-6-7-26(38)20-41)47-36(22)27-17-24(37)12-15-28(27)39(35(36)44)19-23-10-13-25(14-11-23)40-29-8-4-5-9-30(29)46-21-33(40)43/h4-5,8-15,17,22,26,31,34,41,45H,6-7,16,18-21H2,1-3H3/t22-,26-,31+,34-,36+/m0/s1. The molecule has 3 aromatic rings. The summed E-state index contributed by atoms with van der Waals surface area (Å²) in [4.78, 5) is 57.9. The van der Waals surface area contributed by atoms with Gasteiger partial charge in [-0.15, -0.1) is 0 Å². The van der Waals surface area contributed by atoms with Crippen LogP contribution >= 0.6 is 11.6 Å². The molecule has 0 bridgehead atoms. The lowest BCUT2D eigenvalue weighted by Crippen LogP contribution is -2.46. The molecule has 0 aromatic heterocycles. The molecular formula is C36H40ClN3O7Si. The summed E-state index contributed by atoms with van der Waals surface area (Å²) in [5.41, 5.74) is 1.65. The first-order valence-electron chi connectivity index (χ1n) is 16.5. The largest absolute Gasteiger partial charge is 0.482 e. The van der Waals surface area contributed by atoms with Crippen molar-refractivity contribution < 1.29 is 33.8 Å². The Morgan fingerprint density at radius 1 is 1.06 bits per heavy atom. The molecule has 5 atom stereocenters. The second-order valence-corrected chi connectivity index (χ2v) is 18.2. The van der Waals surface area contributed by atoms with Crippen molar-refractivity contribution in [2.24, 2.45) is 5.92 Å². The molecule has 48 heavy (non-hydrogen) atoms. The van der Waals surface area contributed by atoms with Gasteiger partial charge in [0.25, 0.3) is 11.8 Å². The van der Waals surface area contributed by atoms with Gasteiger partial charge in [-0.3, -0.25) is 19.3 Å². The zero-order valence-corrected chi connectivity index (χ0v) is 29.0. The van der Waals surface area contributed by atoms with E-state index in [9.17, 15) is 24.3 Å². The molecule has 7 rings (SSSR count). The molecule has 4 aliphatic heterocycles. The number of aliphatic hydroxyl groups is 1. The summed E-state index contributed by atoms with van der Waals surface area (Å²) in [7, 11) is -2.98. The Hall–Kier alpha value is -3.74. The summed E-state index contributed by atoms with van der Waals surface area (Å²) >= 11 is 6.54. The highest BCUT2D eigenvalue weighted by atomic mass is 35.5. The van der Waals surface area contributed by atoms with Gasteiger partial charge in [0.05, 0.1) is 43.1 Å². The summed E-state index contributed by atoms with van der Waals surface area (Å²) in [6, 6.07) is 20.0. The number of fused-ring (bicyclic) bond motifs is 3. The lowest BCUT2D eigenvalue weighted by Gasteiger charge is -2.33. The average molecular weight is 690 g/mol. The van der Waals surface area contributed by atoms with Crippen LogP contribution in [0.5, 0.6) is 5.75 Å². The minimum absolute atomic E-state index is 0.0122. The summed E-state index contributed by atoms with van der Waals surface area (Å²) in [6.45, 7) is 6.24. The van der Waals surface area contributed by atoms with Crippen molar-refractivity contribution in [3.8, 4) is 5.75 Å². The molecule has 0 saturated carbocycles. The highest BCUT2D eigenvalue weighted by molar-refractivity contribution is 6.71. The minimum Gasteiger partial charge on any atom is -0.482 e. The highest BCUT2D eigenvalue weighted by Crippen LogP contribution is 2.60. The minimum atomic E-state index is -2.98. The Labute approximate surface area is 285 Å². The van der Waals surface area contributed by atoms with Crippen molar-refractivity contribution in [2.75, 3.05) is 29.6 Å². The molecule has 2 fully saturated rings. The molecule has 3 amide bonds. The zero-order valence-electron chi connectivity index (χ0n) is 27.3. The number of benzene rings is 3. The van der Waals surface area contributed by atoms with Crippen molar-refractivity contribution in [3.63, 3.8) is 0 Å². The topological polar surface area (TPSA) is 120 Å². The predicted octanol–water partition coefficient (Wildman–Crippen LogP) is 5.12. The van der Waals surface area contributed by atoms with E-state index in [0.29, 0.717) is 39.9 Å². The molecule has 252 valence electrons. The summed E-state index contributed by atoms with van der Waals surface area (Å²) in [5, 5.41) is 10.3. The fourth-order valence-electron chi connectivity index (χ4n) is 8.37. The monoisotopic (exact) mass is 689 g/mol. The molecule has 2 saturated heterocycles. The normalized spacial score (nSPS) is 26.7. The SMILES string of the molecule is C[C@H]1[C@H]([Si](C)(C)O)[C@@H](CC(=O)N2CCC[C@H]2CO)O[C@]12C(=O)N(Cc1ccc(N3C(=O)COc4ccccc43)cc1)c1ccc(Cl)cc12. The first-order valence-corrected chi connectivity index (χ1v) is 19.9. The molecule has 1 spiro atoms. The van der Waals surface area contributed by atoms with Gasteiger partial charge in [0.2, 0.25) is 5.91 Å². The molecular weight excluding hydrogens is 650 g/mol. The number of carbonyl (C=O) groups is 3. The van der Waals surface area contributed by atoms with E-state index in [1.807, 2.05) is 74.6 Å². The van der Waals surface area contributed by atoms with Crippen LogP contribution in [-0.2, 0) is 31.3 Å². The van der Waals surface area contributed by atoms with Gasteiger partial charge in [0, 0.05) is 34.3 Å². The zero-order chi connectivity index (χ0) is 34.0. The lowest BCUT2D eigenvalue weighted by atomic mass is 9.82. The Morgan fingerprint density at radius 3 is 2.54 bits per heavy atom. The number of halogens is 1. The molecule has 3 aromatic carbocycles. The summed E-state index contributed by atoms with van der Waals surface area (Å²) in [6.07, 6.45) is 0.887. The van der Waals surface area contributed by atoms with E-state index in [1.165, 1.54) is 0 Å². The Kier molecular flexibility index (Phi) is 8.40. The van der Waals surface area contributed by atoms with E-state index in [4.69, 9.17) is 21.1 Å². The van der Waals surface area contributed by atoms with Gasteiger partial charge in [-0.2, -0.15) is 0 Å². The number of carbonyl (C=O) groups excluding carboxylic acids is 3. The predicted molar refractivity (Wildman–Crippen MR) is 184 cm³/mol. The van der Waals surface area contributed by atoms with Crippen molar-refractivity contribution in [3.05, 3.63) is 82.9 Å². The molecule has 4 heterocycles. The van der Waals surface area contributed by atoms with Crippen LogP contribution < -0.4 is 14.5 Å². The molecule has 10 nitrogen and oxygen atoms in total. The third-order valence-corrected chi connectivity index (χ3v) is 13.2. The van der Waals surface area contributed by atoms with Crippen LogP contribution in [0.25, 0.3) is 0 Å². The smallest absolute Gasteiger partial charge is 0.269 e. The number of amides is 3. The van der Waals surface area contributed by atoms with Gasteiger partial charge in [-0.05, 0) is 74.0 Å². The van der Waals surface area contributed by atoms with Gasteiger partial charge < -0.3 is 29.2 Å². The van der Waals surface area contributed by atoms with Crippen LogP contribution in [0.2, 0.25) is 23.7 Å². The van der Waals surface area contributed by atoms with E-state index in [2.05, 4.69) is 0 Å². The maximum atomic E-state index is 14.8. The molecule has 4 aliphatic rings. The molecule has 2 N–H and O–H groups in total. The maximum Gasteiger partial charge on any atom is 0.269 e. The number of hydrogen-bond donors (Lipinski definition) is 2. The van der Waals surface area contributed by atoms with Gasteiger partial charge >= 0.3 is 0 Å². The molecule has 0 unspecified atom stereocenters. The van der Waals surface area contributed by atoms with Gasteiger partial charge in [0.15, 0.2) is 20.5 Å². The Balaban J connectivity index is 1.20. The number of hydrogen-bond acceptors (Lipinski definition) is 7. The molecule has 12 heteroatoms. The van der Waals surface area contributed by atoms with Crippen molar-refractivity contribution in [2.45, 2.75) is 69.1 Å². The quantitative estimate of drug-likeness (QED) is 0.331. The second-order valence-electron chi connectivity index (χ2n) is 13.8. The third kappa shape index (κ3) is 5.32. The maximum absolute atomic E-state index is 14.8. The van der Waals surface area contributed by atoms with E-state index >= 15 is 0 Å². The number of nitrogens with zero attached hydrogens (tertiary/aromatic N) is 3. The van der Waals surface area contributed by atoms with Gasteiger partial charge in [-0.1, -0.05) is 42.8 Å². The van der Waals surface area contributed by atoms with Crippen molar-refractivity contribution in [1.29, 1.82) is 0 Å². The fourth-order valence-corrected chi connectivity index (χ4v) is 11.1. The van der Waals surface area contributed by atoms with Gasteiger partial charge in [-0.25, -0.2) is 0 Å². The lowest BCUT2D eigenvalue weighted by molar-refractivity contribution is -0.150. The van der Waals surface area contributed by atoms with Crippen LogP contribution in [0.1, 0.15) is 37.3 Å². The van der Waals surface area contributed by atoms with E-state index in [1.54, 1.807) is 26.8 Å². The molecule has 0 aliphatic carbocycles. The van der Waals surface area contributed by atoms with E-state index < -0.39 is 31.5 Å². The Bertz CT molecular complexity index is 1760. The van der Waals surface area contributed by atoms with Gasteiger partial charge in [0.1, 0.15) is 5.75 Å². The van der Waals surface area contributed by atoms with Crippen molar-refractivity contribution in [1.82, 2.24) is 4.90 Å². The second kappa shape index (κ2) is 12.3. The summed E-state index contributed by atoms with van der Waals surface area (Å²) < 4.78 is 12.4. The highest BCUT2D eigenvalue weighted by Gasteiger charge is 2.66.